The van der Waals surface area contributed by atoms with E-state index in [1.807, 2.05) is 0 Å². The molecule has 2 atom stereocenters. The molecule has 3 N–H and O–H groups in total. The Morgan fingerprint density at radius 2 is 2.21 bits per heavy atom. The number of hydrogen-bond donors (Lipinski definition) is 2. The lowest BCUT2D eigenvalue weighted by molar-refractivity contribution is 0.210. The summed E-state index contributed by atoms with van der Waals surface area (Å²) >= 11 is 2.06. The lowest BCUT2D eigenvalue weighted by Gasteiger charge is -2.31. The van der Waals surface area contributed by atoms with Crippen molar-refractivity contribution in [2.24, 2.45) is 11.7 Å². The largest absolute Gasteiger partial charge is 0.326 e. The van der Waals surface area contributed by atoms with Gasteiger partial charge in [0.15, 0.2) is 0 Å². The minimum atomic E-state index is 0.406. The fourth-order valence-corrected chi connectivity index (χ4v) is 3.58. The third-order valence-electron chi connectivity index (χ3n) is 3.25. The third-order valence-corrected chi connectivity index (χ3v) is 4.44. The molecule has 4 heteroatoms. The summed E-state index contributed by atoms with van der Waals surface area (Å²) in [6.07, 6.45) is 1.33. The van der Waals surface area contributed by atoms with Crippen LogP contribution in [0.25, 0.3) is 0 Å². The molecular weight excluding hydrogens is 194 g/mol. The van der Waals surface area contributed by atoms with Crippen LogP contribution in [0.2, 0.25) is 0 Å². The molecular formula is C10H21N3S. The van der Waals surface area contributed by atoms with Crippen LogP contribution >= 0.6 is 11.8 Å². The van der Waals surface area contributed by atoms with Gasteiger partial charge in [0.2, 0.25) is 0 Å². The standard InChI is InChI=1S/C10H21N3S/c11-10(9-1-6-14-8-9)7-13-4-2-12-3-5-13/h9-10,12H,1-8,11H2. The van der Waals surface area contributed by atoms with E-state index in [9.17, 15) is 0 Å². The highest BCUT2D eigenvalue weighted by molar-refractivity contribution is 7.99. The molecule has 2 aliphatic heterocycles. The van der Waals surface area contributed by atoms with Gasteiger partial charge in [-0.25, -0.2) is 0 Å². The maximum absolute atomic E-state index is 6.23. The maximum Gasteiger partial charge on any atom is 0.0204 e. The van der Waals surface area contributed by atoms with Crippen LogP contribution in [-0.2, 0) is 0 Å². The molecule has 14 heavy (non-hydrogen) atoms. The number of nitrogens with two attached hydrogens (primary N) is 1. The molecule has 0 aliphatic carbocycles. The van der Waals surface area contributed by atoms with E-state index in [1.165, 1.54) is 31.0 Å². The molecule has 2 aliphatic rings. The lowest BCUT2D eigenvalue weighted by Crippen LogP contribution is -2.49. The molecule has 82 valence electrons. The van der Waals surface area contributed by atoms with Crippen LogP contribution in [0.5, 0.6) is 0 Å². The summed E-state index contributed by atoms with van der Waals surface area (Å²) < 4.78 is 0. The third kappa shape index (κ3) is 2.86. The topological polar surface area (TPSA) is 41.3 Å². The molecule has 0 bridgehead atoms. The average Bonchev–Trinajstić information content (AvgIpc) is 2.72. The van der Waals surface area contributed by atoms with Gasteiger partial charge in [0.25, 0.3) is 0 Å². The fraction of sp³-hybridized carbons (Fsp3) is 1.00. The molecule has 0 saturated carbocycles. The Morgan fingerprint density at radius 3 is 2.86 bits per heavy atom. The SMILES string of the molecule is NC(CN1CCNCC1)C1CCSC1. The summed E-state index contributed by atoms with van der Waals surface area (Å²) in [5, 5.41) is 3.37. The molecule has 2 rings (SSSR count). The van der Waals surface area contributed by atoms with E-state index in [2.05, 4.69) is 22.0 Å². The average molecular weight is 215 g/mol. The normalized spacial score (nSPS) is 31.9. The van der Waals surface area contributed by atoms with Gasteiger partial charge in [0.1, 0.15) is 0 Å². The molecule has 0 aromatic heterocycles. The van der Waals surface area contributed by atoms with E-state index in [0.29, 0.717) is 6.04 Å². The summed E-state index contributed by atoms with van der Waals surface area (Å²) in [5.74, 6) is 3.38. The van der Waals surface area contributed by atoms with Crippen molar-refractivity contribution >= 4 is 11.8 Å². The van der Waals surface area contributed by atoms with Gasteiger partial charge < -0.3 is 11.1 Å². The number of thioether (sulfide) groups is 1. The van der Waals surface area contributed by atoms with Crippen molar-refractivity contribution in [3.05, 3.63) is 0 Å². The fourth-order valence-electron chi connectivity index (χ4n) is 2.23. The Labute approximate surface area is 90.8 Å². The van der Waals surface area contributed by atoms with E-state index < -0.39 is 0 Å². The summed E-state index contributed by atoms with van der Waals surface area (Å²) in [6, 6.07) is 0.406. The highest BCUT2D eigenvalue weighted by Crippen LogP contribution is 2.25. The number of piperazine rings is 1. The summed E-state index contributed by atoms with van der Waals surface area (Å²) in [7, 11) is 0. The Balaban J connectivity index is 1.72. The highest BCUT2D eigenvalue weighted by Gasteiger charge is 2.24. The Morgan fingerprint density at radius 1 is 1.43 bits per heavy atom. The highest BCUT2D eigenvalue weighted by atomic mass is 32.2. The van der Waals surface area contributed by atoms with Crippen LogP contribution < -0.4 is 11.1 Å². The van der Waals surface area contributed by atoms with Crippen LogP contribution in [0.3, 0.4) is 0 Å². The second-order valence-electron chi connectivity index (χ2n) is 4.34. The molecule has 2 fully saturated rings. The van der Waals surface area contributed by atoms with Gasteiger partial charge >= 0.3 is 0 Å². The minimum absolute atomic E-state index is 0.406. The van der Waals surface area contributed by atoms with Crippen molar-refractivity contribution in [1.82, 2.24) is 10.2 Å². The summed E-state index contributed by atoms with van der Waals surface area (Å²) in [4.78, 5) is 2.50. The van der Waals surface area contributed by atoms with E-state index in [1.54, 1.807) is 0 Å². The van der Waals surface area contributed by atoms with E-state index in [-0.39, 0.29) is 0 Å². The smallest absolute Gasteiger partial charge is 0.0204 e. The van der Waals surface area contributed by atoms with E-state index in [4.69, 9.17) is 5.73 Å². The number of hydrogen-bond acceptors (Lipinski definition) is 4. The lowest BCUT2D eigenvalue weighted by atomic mass is 9.99. The molecule has 0 spiro atoms. The zero-order chi connectivity index (χ0) is 9.80. The number of nitrogens with one attached hydrogen (secondary N) is 1. The van der Waals surface area contributed by atoms with Crippen LogP contribution in [0.4, 0.5) is 0 Å². The number of nitrogens with zero attached hydrogens (tertiary/aromatic N) is 1. The molecule has 0 radical (unpaired) electrons. The van der Waals surface area contributed by atoms with Gasteiger partial charge in [-0.1, -0.05) is 0 Å². The van der Waals surface area contributed by atoms with Crippen LogP contribution in [0.15, 0.2) is 0 Å². The molecule has 2 heterocycles. The van der Waals surface area contributed by atoms with Gasteiger partial charge in [-0.05, 0) is 23.8 Å². The van der Waals surface area contributed by atoms with Gasteiger partial charge in [-0.3, -0.25) is 4.90 Å². The summed E-state index contributed by atoms with van der Waals surface area (Å²) in [5.41, 5.74) is 6.23. The molecule has 0 amide bonds. The monoisotopic (exact) mass is 215 g/mol. The Hall–Kier alpha value is 0.230. The van der Waals surface area contributed by atoms with Gasteiger partial charge in [0.05, 0.1) is 0 Å². The zero-order valence-corrected chi connectivity index (χ0v) is 9.56. The van der Waals surface area contributed by atoms with Crippen molar-refractivity contribution in [3.63, 3.8) is 0 Å². The predicted molar refractivity (Wildman–Crippen MR) is 62.7 cm³/mol. The van der Waals surface area contributed by atoms with Crippen LogP contribution in [0.1, 0.15) is 6.42 Å². The quantitative estimate of drug-likeness (QED) is 0.694. The van der Waals surface area contributed by atoms with Gasteiger partial charge in [-0.2, -0.15) is 11.8 Å². The summed E-state index contributed by atoms with van der Waals surface area (Å²) in [6.45, 7) is 5.71. The number of rotatable bonds is 3. The Kier molecular flexibility index (Phi) is 4.10. The second-order valence-corrected chi connectivity index (χ2v) is 5.49. The van der Waals surface area contributed by atoms with Crippen molar-refractivity contribution in [1.29, 1.82) is 0 Å². The van der Waals surface area contributed by atoms with Crippen LogP contribution in [0, 0.1) is 5.92 Å². The van der Waals surface area contributed by atoms with Gasteiger partial charge in [-0.15, -0.1) is 0 Å². The second kappa shape index (κ2) is 5.35. The van der Waals surface area contributed by atoms with Crippen molar-refractivity contribution in [2.45, 2.75) is 12.5 Å². The van der Waals surface area contributed by atoms with Crippen molar-refractivity contribution in [2.75, 3.05) is 44.2 Å². The van der Waals surface area contributed by atoms with E-state index >= 15 is 0 Å². The molecule has 3 nitrogen and oxygen atoms in total. The first-order valence-corrected chi connectivity index (χ1v) is 6.78. The first-order valence-electron chi connectivity index (χ1n) is 5.62. The van der Waals surface area contributed by atoms with Crippen molar-refractivity contribution in [3.8, 4) is 0 Å². The molecule has 0 aromatic carbocycles. The predicted octanol–water partition coefficient (Wildman–Crippen LogP) is -0.0280. The molecule has 2 saturated heterocycles. The van der Waals surface area contributed by atoms with E-state index in [0.717, 1.165) is 25.6 Å². The van der Waals surface area contributed by atoms with Crippen molar-refractivity contribution < 1.29 is 0 Å². The van der Waals surface area contributed by atoms with Gasteiger partial charge in [0, 0.05) is 38.8 Å². The first-order chi connectivity index (χ1) is 6.86. The molecule has 0 aromatic rings. The van der Waals surface area contributed by atoms with Crippen LogP contribution in [-0.4, -0.2) is 55.2 Å². The minimum Gasteiger partial charge on any atom is -0.326 e. The zero-order valence-electron chi connectivity index (χ0n) is 8.74. The maximum atomic E-state index is 6.23. The molecule has 2 unspecified atom stereocenters. The Bertz CT molecular complexity index is 165. The first kappa shape index (κ1) is 10.7.